The minimum Gasteiger partial charge on any atom is -0.490 e. The topological polar surface area (TPSA) is 82.4 Å². The van der Waals surface area contributed by atoms with Crippen LogP contribution in [0.15, 0.2) is 35.7 Å². The highest BCUT2D eigenvalue weighted by atomic mass is 32.1. The molecule has 8 nitrogen and oxygen atoms in total. The second-order valence-electron chi connectivity index (χ2n) is 7.12. The van der Waals surface area contributed by atoms with Gasteiger partial charge in [-0.3, -0.25) is 4.79 Å². The van der Waals surface area contributed by atoms with Gasteiger partial charge in [0.2, 0.25) is 11.7 Å². The highest BCUT2D eigenvalue weighted by Crippen LogP contribution is 2.38. The SMILES string of the molecule is O=C(Cn1nnc(-c2cccs2)n1)N1CCCC1c1ccc2c(c1)OCCCO2. The van der Waals surface area contributed by atoms with Crippen LogP contribution in [0.1, 0.15) is 30.9 Å². The third-order valence-corrected chi connectivity index (χ3v) is 6.07. The normalized spacial score (nSPS) is 18.6. The number of fused-ring (bicyclic) bond motifs is 1. The molecule has 1 amide bonds. The van der Waals surface area contributed by atoms with Crippen LogP contribution < -0.4 is 9.47 Å². The van der Waals surface area contributed by atoms with Crippen molar-refractivity contribution in [1.29, 1.82) is 0 Å². The maximum absolute atomic E-state index is 13.0. The summed E-state index contributed by atoms with van der Waals surface area (Å²) in [7, 11) is 0. The van der Waals surface area contributed by atoms with Crippen LogP contribution in [0.4, 0.5) is 0 Å². The monoisotopic (exact) mass is 411 g/mol. The van der Waals surface area contributed by atoms with Gasteiger partial charge < -0.3 is 14.4 Å². The third-order valence-electron chi connectivity index (χ3n) is 5.20. The number of nitrogens with zero attached hydrogens (tertiary/aromatic N) is 5. The zero-order chi connectivity index (χ0) is 19.6. The zero-order valence-corrected chi connectivity index (χ0v) is 16.7. The van der Waals surface area contributed by atoms with Crippen LogP contribution in [0.2, 0.25) is 0 Å². The fraction of sp³-hybridized carbons (Fsp3) is 0.400. The summed E-state index contributed by atoms with van der Waals surface area (Å²) in [6.45, 7) is 2.12. The molecule has 0 saturated carbocycles. The number of aromatic nitrogens is 4. The molecule has 1 saturated heterocycles. The molecule has 1 fully saturated rings. The van der Waals surface area contributed by atoms with Crippen LogP contribution in [0.3, 0.4) is 0 Å². The lowest BCUT2D eigenvalue weighted by Gasteiger charge is -2.25. The van der Waals surface area contributed by atoms with Crippen LogP contribution in [0.25, 0.3) is 10.7 Å². The maximum atomic E-state index is 13.0. The average Bonchev–Trinajstić information content (AvgIpc) is 3.47. The Bertz CT molecular complexity index is 1000. The summed E-state index contributed by atoms with van der Waals surface area (Å²) in [5, 5.41) is 14.4. The number of benzene rings is 1. The number of amides is 1. The predicted octanol–water partition coefficient (Wildman–Crippen LogP) is 2.93. The third kappa shape index (κ3) is 3.69. The second-order valence-corrected chi connectivity index (χ2v) is 8.07. The fourth-order valence-corrected chi connectivity index (χ4v) is 4.47. The van der Waals surface area contributed by atoms with Crippen LogP contribution in [-0.2, 0) is 11.3 Å². The summed E-state index contributed by atoms with van der Waals surface area (Å²) < 4.78 is 11.5. The summed E-state index contributed by atoms with van der Waals surface area (Å²) in [4.78, 5) is 17.2. The van der Waals surface area contributed by atoms with Gasteiger partial charge in [0.1, 0.15) is 6.54 Å². The van der Waals surface area contributed by atoms with Gasteiger partial charge in [0.05, 0.1) is 24.1 Å². The van der Waals surface area contributed by atoms with Crippen molar-refractivity contribution in [1.82, 2.24) is 25.1 Å². The number of thiophene rings is 1. The number of rotatable bonds is 4. The van der Waals surface area contributed by atoms with E-state index >= 15 is 0 Å². The largest absolute Gasteiger partial charge is 0.490 e. The van der Waals surface area contributed by atoms with E-state index < -0.39 is 0 Å². The molecule has 0 aliphatic carbocycles. The molecule has 1 aromatic carbocycles. The molecule has 1 atom stereocenters. The molecule has 0 radical (unpaired) electrons. The second kappa shape index (κ2) is 7.82. The van der Waals surface area contributed by atoms with E-state index in [0.717, 1.165) is 47.7 Å². The number of hydrogen-bond donors (Lipinski definition) is 0. The Balaban J connectivity index is 1.32. The summed E-state index contributed by atoms with van der Waals surface area (Å²) in [5.74, 6) is 2.08. The Hall–Kier alpha value is -2.94. The number of tetrazole rings is 1. The van der Waals surface area contributed by atoms with Gasteiger partial charge in [-0.15, -0.1) is 21.5 Å². The van der Waals surface area contributed by atoms with Gasteiger partial charge in [0.15, 0.2) is 11.5 Å². The van der Waals surface area contributed by atoms with Crippen molar-refractivity contribution in [2.24, 2.45) is 0 Å². The van der Waals surface area contributed by atoms with E-state index in [1.54, 1.807) is 11.3 Å². The molecule has 0 spiro atoms. The van der Waals surface area contributed by atoms with E-state index in [1.165, 1.54) is 4.80 Å². The molecule has 0 bridgehead atoms. The minimum atomic E-state index is -0.00487. The summed E-state index contributed by atoms with van der Waals surface area (Å²) in [6.07, 6.45) is 2.77. The molecule has 3 aromatic rings. The molecule has 2 aromatic heterocycles. The Labute approximate surface area is 172 Å². The quantitative estimate of drug-likeness (QED) is 0.657. The Kier molecular flexibility index (Phi) is 4.89. The van der Waals surface area contributed by atoms with Gasteiger partial charge in [-0.2, -0.15) is 4.80 Å². The fourth-order valence-electron chi connectivity index (χ4n) is 3.83. The summed E-state index contributed by atoms with van der Waals surface area (Å²) in [5.41, 5.74) is 1.07. The van der Waals surface area contributed by atoms with Gasteiger partial charge in [-0.1, -0.05) is 12.1 Å². The number of carbonyl (C=O) groups excluding carboxylic acids is 1. The highest BCUT2D eigenvalue weighted by molar-refractivity contribution is 7.13. The Morgan fingerprint density at radius 2 is 2.07 bits per heavy atom. The standard InChI is InChI=1S/C20H21N5O3S/c26-19(13-25-22-20(21-23-25)18-5-2-11-29-18)24-8-1-4-15(24)14-6-7-16-17(12-14)28-10-3-9-27-16/h2,5-7,11-12,15H,1,3-4,8-10,13H2. The van der Waals surface area contributed by atoms with Gasteiger partial charge >= 0.3 is 0 Å². The van der Waals surface area contributed by atoms with Crippen molar-refractivity contribution >= 4 is 17.2 Å². The molecule has 0 N–H and O–H groups in total. The molecule has 9 heteroatoms. The van der Waals surface area contributed by atoms with Crippen molar-refractivity contribution in [3.05, 3.63) is 41.3 Å². The van der Waals surface area contributed by atoms with E-state index in [0.29, 0.717) is 19.0 Å². The van der Waals surface area contributed by atoms with Gasteiger partial charge in [-0.25, -0.2) is 0 Å². The molecule has 2 aliphatic rings. The van der Waals surface area contributed by atoms with E-state index in [2.05, 4.69) is 15.4 Å². The van der Waals surface area contributed by atoms with Crippen LogP contribution in [0, 0.1) is 0 Å². The highest BCUT2D eigenvalue weighted by Gasteiger charge is 2.31. The van der Waals surface area contributed by atoms with Crippen molar-refractivity contribution in [3.8, 4) is 22.2 Å². The van der Waals surface area contributed by atoms with Gasteiger partial charge in [0, 0.05) is 13.0 Å². The predicted molar refractivity (Wildman–Crippen MR) is 107 cm³/mol. The van der Waals surface area contributed by atoms with Crippen LogP contribution in [-0.4, -0.2) is 50.8 Å². The van der Waals surface area contributed by atoms with Crippen LogP contribution in [0.5, 0.6) is 11.5 Å². The minimum absolute atomic E-state index is 0.00487. The first-order valence-electron chi connectivity index (χ1n) is 9.78. The molecule has 2 aliphatic heterocycles. The zero-order valence-electron chi connectivity index (χ0n) is 15.9. The van der Waals surface area contributed by atoms with Crippen LogP contribution >= 0.6 is 11.3 Å². The lowest BCUT2D eigenvalue weighted by Crippen LogP contribution is -2.34. The number of hydrogen-bond acceptors (Lipinski definition) is 7. The number of likely N-dealkylation sites (tertiary alicyclic amines) is 1. The van der Waals surface area contributed by atoms with E-state index in [4.69, 9.17) is 9.47 Å². The summed E-state index contributed by atoms with van der Waals surface area (Å²) >= 11 is 1.55. The summed E-state index contributed by atoms with van der Waals surface area (Å²) in [6, 6.07) is 9.90. The van der Waals surface area contributed by atoms with E-state index in [-0.39, 0.29) is 18.5 Å². The molecule has 5 rings (SSSR count). The molecule has 4 heterocycles. The van der Waals surface area contributed by atoms with E-state index in [9.17, 15) is 4.79 Å². The Morgan fingerprint density at radius 1 is 1.17 bits per heavy atom. The molecular formula is C20H21N5O3S. The van der Waals surface area contributed by atoms with E-state index in [1.807, 2.05) is 40.6 Å². The maximum Gasteiger partial charge on any atom is 0.246 e. The van der Waals surface area contributed by atoms with Gasteiger partial charge in [0.25, 0.3) is 0 Å². The lowest BCUT2D eigenvalue weighted by atomic mass is 10.0. The van der Waals surface area contributed by atoms with Gasteiger partial charge in [-0.05, 0) is 47.2 Å². The first kappa shape index (κ1) is 18.1. The van der Waals surface area contributed by atoms with Crippen molar-refractivity contribution in [2.75, 3.05) is 19.8 Å². The number of ether oxygens (including phenoxy) is 2. The molecular weight excluding hydrogens is 390 g/mol. The molecule has 1 unspecified atom stereocenters. The first-order chi connectivity index (χ1) is 14.3. The first-order valence-corrected chi connectivity index (χ1v) is 10.7. The number of carbonyl (C=O) groups is 1. The average molecular weight is 411 g/mol. The van der Waals surface area contributed by atoms with Crippen molar-refractivity contribution in [3.63, 3.8) is 0 Å². The van der Waals surface area contributed by atoms with Crippen molar-refractivity contribution in [2.45, 2.75) is 31.8 Å². The Morgan fingerprint density at radius 3 is 2.93 bits per heavy atom. The van der Waals surface area contributed by atoms with Crippen molar-refractivity contribution < 1.29 is 14.3 Å². The molecule has 150 valence electrons. The molecule has 29 heavy (non-hydrogen) atoms. The lowest BCUT2D eigenvalue weighted by molar-refractivity contribution is -0.133. The smallest absolute Gasteiger partial charge is 0.246 e.